The van der Waals surface area contributed by atoms with Crippen LogP contribution in [0, 0.1) is 5.92 Å². The number of hydrogen-bond acceptors (Lipinski definition) is 3. The molecule has 0 amide bonds. The number of piperidine rings is 1. The average Bonchev–Trinajstić information content (AvgIpc) is 2.40. The minimum absolute atomic E-state index is 0.341. The second-order valence-corrected chi connectivity index (χ2v) is 6.24. The molecule has 102 valence electrons. The first kappa shape index (κ1) is 12.6. The second kappa shape index (κ2) is 5.32. The molecule has 0 spiro atoms. The van der Waals surface area contributed by atoms with Gasteiger partial charge in [-0.05, 0) is 31.3 Å². The molecule has 0 aromatic heterocycles. The summed E-state index contributed by atoms with van der Waals surface area (Å²) in [6.45, 7) is 4.86. The van der Waals surface area contributed by atoms with Gasteiger partial charge in [0.25, 0.3) is 0 Å². The lowest BCUT2D eigenvalue weighted by Crippen LogP contribution is -2.53. The Kier molecular flexibility index (Phi) is 3.73. The predicted molar refractivity (Wildman–Crippen MR) is 71.5 cm³/mol. The van der Waals surface area contributed by atoms with Gasteiger partial charge in [0.15, 0.2) is 0 Å². The summed E-state index contributed by atoms with van der Waals surface area (Å²) in [6.07, 6.45) is 9.12. The summed E-state index contributed by atoms with van der Waals surface area (Å²) in [4.78, 5) is 2.52. The number of nitrogens with zero attached hydrogens (tertiary/aromatic N) is 1. The molecule has 2 heterocycles. The number of hydrogen-bond donors (Lipinski definition) is 1. The van der Waals surface area contributed by atoms with Crippen LogP contribution in [-0.2, 0) is 4.74 Å². The summed E-state index contributed by atoms with van der Waals surface area (Å²) >= 11 is 0. The predicted octanol–water partition coefficient (Wildman–Crippen LogP) is 1.96. The van der Waals surface area contributed by atoms with Gasteiger partial charge in [-0.15, -0.1) is 0 Å². The third kappa shape index (κ3) is 2.63. The first-order valence-corrected chi connectivity index (χ1v) is 7.47. The molecule has 1 aliphatic carbocycles. The Hall–Kier alpha value is -0.380. The van der Waals surface area contributed by atoms with Gasteiger partial charge < -0.3 is 9.84 Å². The highest BCUT2D eigenvalue weighted by Gasteiger charge is 2.42. The van der Waals surface area contributed by atoms with E-state index in [2.05, 4.69) is 11.0 Å². The van der Waals surface area contributed by atoms with Crippen LogP contribution in [0.25, 0.3) is 0 Å². The largest absolute Gasteiger partial charge is 0.390 e. The van der Waals surface area contributed by atoms with Crippen molar-refractivity contribution in [1.82, 2.24) is 4.90 Å². The Labute approximate surface area is 110 Å². The number of likely N-dealkylation sites (tertiary alicyclic amines) is 1. The van der Waals surface area contributed by atoms with Gasteiger partial charge in [0, 0.05) is 25.6 Å². The van der Waals surface area contributed by atoms with Crippen molar-refractivity contribution in [2.75, 3.05) is 32.8 Å². The fraction of sp³-hybridized carbons (Fsp3) is 0.867. The molecular weight excluding hydrogens is 226 g/mol. The van der Waals surface area contributed by atoms with E-state index in [9.17, 15) is 5.11 Å². The zero-order valence-corrected chi connectivity index (χ0v) is 11.2. The van der Waals surface area contributed by atoms with E-state index in [-0.39, 0.29) is 5.60 Å². The minimum Gasteiger partial charge on any atom is -0.390 e. The number of fused-ring (bicyclic) bond motifs is 1. The SMILES string of the molecule is OC12CCCCC1CN(CC1=CCCOC1)CC2. The van der Waals surface area contributed by atoms with Gasteiger partial charge in [-0.1, -0.05) is 18.9 Å². The van der Waals surface area contributed by atoms with Gasteiger partial charge in [0.1, 0.15) is 0 Å². The lowest BCUT2D eigenvalue weighted by atomic mass is 9.71. The molecule has 2 unspecified atom stereocenters. The third-order valence-corrected chi connectivity index (χ3v) is 4.92. The Bertz CT molecular complexity index is 328. The smallest absolute Gasteiger partial charge is 0.0700 e. The molecule has 0 bridgehead atoms. The van der Waals surface area contributed by atoms with Crippen molar-refractivity contribution in [3.05, 3.63) is 11.6 Å². The van der Waals surface area contributed by atoms with Crippen molar-refractivity contribution in [3.63, 3.8) is 0 Å². The Morgan fingerprint density at radius 3 is 3.17 bits per heavy atom. The van der Waals surface area contributed by atoms with Gasteiger partial charge in [-0.2, -0.15) is 0 Å². The van der Waals surface area contributed by atoms with Crippen LogP contribution in [0.15, 0.2) is 11.6 Å². The third-order valence-electron chi connectivity index (χ3n) is 4.92. The van der Waals surface area contributed by atoms with Crippen molar-refractivity contribution in [2.45, 2.75) is 44.1 Å². The van der Waals surface area contributed by atoms with E-state index in [4.69, 9.17) is 4.74 Å². The highest BCUT2D eigenvalue weighted by atomic mass is 16.5. The van der Waals surface area contributed by atoms with Crippen molar-refractivity contribution in [3.8, 4) is 0 Å². The van der Waals surface area contributed by atoms with Crippen LogP contribution in [0.5, 0.6) is 0 Å². The molecule has 0 aromatic rings. The molecule has 2 fully saturated rings. The summed E-state index contributed by atoms with van der Waals surface area (Å²) in [6, 6.07) is 0. The summed E-state index contributed by atoms with van der Waals surface area (Å²) in [5.41, 5.74) is 1.09. The van der Waals surface area contributed by atoms with E-state index in [1.165, 1.54) is 24.8 Å². The molecule has 1 N–H and O–H groups in total. The maximum atomic E-state index is 10.6. The zero-order valence-electron chi connectivity index (χ0n) is 11.2. The number of rotatable bonds is 2. The molecule has 0 radical (unpaired) electrons. The van der Waals surface area contributed by atoms with E-state index in [0.717, 1.165) is 52.1 Å². The molecule has 3 nitrogen and oxygen atoms in total. The van der Waals surface area contributed by atoms with Gasteiger partial charge in [-0.3, -0.25) is 4.90 Å². The molecular formula is C15H25NO2. The van der Waals surface area contributed by atoms with Crippen LogP contribution >= 0.6 is 0 Å². The van der Waals surface area contributed by atoms with Crippen LogP contribution in [0.2, 0.25) is 0 Å². The number of ether oxygens (including phenoxy) is 1. The van der Waals surface area contributed by atoms with E-state index in [1.807, 2.05) is 0 Å². The van der Waals surface area contributed by atoms with E-state index in [1.54, 1.807) is 0 Å². The van der Waals surface area contributed by atoms with Crippen LogP contribution in [0.3, 0.4) is 0 Å². The van der Waals surface area contributed by atoms with Crippen LogP contribution < -0.4 is 0 Å². The molecule has 0 aromatic carbocycles. The fourth-order valence-electron chi connectivity index (χ4n) is 3.79. The van der Waals surface area contributed by atoms with Crippen molar-refractivity contribution in [2.24, 2.45) is 5.92 Å². The van der Waals surface area contributed by atoms with Crippen LogP contribution in [0.1, 0.15) is 38.5 Å². The Morgan fingerprint density at radius 2 is 2.33 bits per heavy atom. The van der Waals surface area contributed by atoms with Gasteiger partial charge in [-0.25, -0.2) is 0 Å². The minimum atomic E-state index is -0.341. The average molecular weight is 251 g/mol. The van der Waals surface area contributed by atoms with E-state index in [0.29, 0.717) is 5.92 Å². The monoisotopic (exact) mass is 251 g/mol. The van der Waals surface area contributed by atoms with E-state index >= 15 is 0 Å². The Morgan fingerprint density at radius 1 is 1.39 bits per heavy atom. The van der Waals surface area contributed by atoms with E-state index < -0.39 is 0 Å². The summed E-state index contributed by atoms with van der Waals surface area (Å²) in [5.74, 6) is 0.505. The Balaban J connectivity index is 1.58. The van der Waals surface area contributed by atoms with Crippen LogP contribution in [-0.4, -0.2) is 48.5 Å². The van der Waals surface area contributed by atoms with Gasteiger partial charge in [0.05, 0.1) is 18.8 Å². The molecule has 2 aliphatic heterocycles. The van der Waals surface area contributed by atoms with Crippen molar-refractivity contribution < 1.29 is 9.84 Å². The standard InChI is InChI=1S/C15H25NO2/c17-15-6-2-1-5-14(15)11-16(8-7-15)10-13-4-3-9-18-12-13/h4,14,17H,1-3,5-12H2. The first-order valence-electron chi connectivity index (χ1n) is 7.47. The molecule has 3 heteroatoms. The van der Waals surface area contributed by atoms with Crippen LogP contribution in [0.4, 0.5) is 0 Å². The molecule has 2 atom stereocenters. The fourth-order valence-corrected chi connectivity index (χ4v) is 3.79. The quantitative estimate of drug-likeness (QED) is 0.762. The lowest BCUT2D eigenvalue weighted by molar-refractivity contribution is -0.0941. The van der Waals surface area contributed by atoms with Gasteiger partial charge >= 0.3 is 0 Å². The highest BCUT2D eigenvalue weighted by molar-refractivity contribution is 5.08. The normalized spacial score (nSPS) is 38.1. The molecule has 3 rings (SSSR count). The first-order chi connectivity index (χ1) is 8.76. The van der Waals surface area contributed by atoms with Crippen molar-refractivity contribution >= 4 is 0 Å². The summed E-state index contributed by atoms with van der Waals surface area (Å²) < 4.78 is 5.51. The molecule has 1 saturated carbocycles. The number of aliphatic hydroxyl groups is 1. The molecule has 18 heavy (non-hydrogen) atoms. The topological polar surface area (TPSA) is 32.7 Å². The highest BCUT2D eigenvalue weighted by Crippen LogP contribution is 2.39. The lowest BCUT2D eigenvalue weighted by Gasteiger charge is -2.47. The maximum Gasteiger partial charge on any atom is 0.0700 e. The van der Waals surface area contributed by atoms with Crippen molar-refractivity contribution in [1.29, 1.82) is 0 Å². The van der Waals surface area contributed by atoms with Gasteiger partial charge in [0.2, 0.25) is 0 Å². The maximum absolute atomic E-state index is 10.6. The zero-order chi connectivity index (χ0) is 12.4. The molecule has 1 saturated heterocycles. The molecule has 3 aliphatic rings. The second-order valence-electron chi connectivity index (χ2n) is 6.24. The summed E-state index contributed by atoms with van der Waals surface area (Å²) in [5, 5.41) is 10.6. The summed E-state index contributed by atoms with van der Waals surface area (Å²) in [7, 11) is 0.